The minimum Gasteiger partial charge on any atom is -0.493 e. The van der Waals surface area contributed by atoms with Gasteiger partial charge in [-0.2, -0.15) is 0 Å². The van der Waals surface area contributed by atoms with E-state index in [-0.39, 0.29) is 12.4 Å². The first-order chi connectivity index (χ1) is 10.3. The summed E-state index contributed by atoms with van der Waals surface area (Å²) in [5.74, 6) is 1.13. The maximum atomic E-state index is 13.1. The summed E-state index contributed by atoms with van der Waals surface area (Å²) in [6.07, 6.45) is 1.71. The highest BCUT2D eigenvalue weighted by Crippen LogP contribution is 2.26. The Hall–Kier alpha value is -2.07. The third kappa shape index (κ3) is 3.16. The molecule has 0 fully saturated rings. The van der Waals surface area contributed by atoms with Crippen molar-refractivity contribution in [2.75, 3.05) is 13.2 Å². The Morgan fingerprint density at radius 2 is 2.10 bits per heavy atom. The lowest BCUT2D eigenvalue weighted by Gasteiger charge is -2.10. The van der Waals surface area contributed by atoms with Crippen molar-refractivity contribution in [1.82, 2.24) is 0 Å². The fourth-order valence-corrected chi connectivity index (χ4v) is 2.49. The van der Waals surface area contributed by atoms with Crippen LogP contribution in [0.1, 0.15) is 16.7 Å². The smallest absolute Gasteiger partial charge is 0.125 e. The molecule has 0 aliphatic carbocycles. The Kier molecular flexibility index (Phi) is 4.06. The summed E-state index contributed by atoms with van der Waals surface area (Å²) in [6, 6.07) is 10.4. The van der Waals surface area contributed by atoms with Gasteiger partial charge in [0.15, 0.2) is 0 Å². The molecule has 0 radical (unpaired) electrons. The molecular weight excluding hydrogens is 271 g/mol. The number of hydrogen-bond acceptors (Lipinski definition) is 3. The largest absolute Gasteiger partial charge is 0.493 e. The quantitative estimate of drug-likeness (QED) is 0.919. The first-order valence-electron chi connectivity index (χ1n) is 7.03. The molecule has 1 aliphatic rings. The molecule has 110 valence electrons. The normalized spacial score (nSPS) is 12.9. The van der Waals surface area contributed by atoms with Gasteiger partial charge in [0.2, 0.25) is 0 Å². The number of rotatable bonds is 5. The standard InChI is InChI=1S/C17H17FO3/c18-15-2-4-17(14(10-15)11-19)20-7-5-12-1-3-16-13(9-12)6-8-21-16/h1-4,9-10,19H,5-8,11H2. The Balaban J connectivity index is 1.61. The van der Waals surface area contributed by atoms with E-state index in [4.69, 9.17) is 9.47 Å². The zero-order valence-corrected chi connectivity index (χ0v) is 11.6. The minimum atomic E-state index is -0.370. The van der Waals surface area contributed by atoms with Crippen LogP contribution in [0.3, 0.4) is 0 Å². The molecule has 0 aromatic heterocycles. The first-order valence-corrected chi connectivity index (χ1v) is 7.03. The molecule has 2 aromatic carbocycles. The van der Waals surface area contributed by atoms with Crippen LogP contribution in [0.4, 0.5) is 4.39 Å². The summed E-state index contributed by atoms with van der Waals surface area (Å²) < 4.78 is 24.2. The van der Waals surface area contributed by atoms with Crippen molar-refractivity contribution in [1.29, 1.82) is 0 Å². The molecule has 0 saturated heterocycles. The lowest BCUT2D eigenvalue weighted by Crippen LogP contribution is -2.04. The molecular formula is C17H17FO3. The van der Waals surface area contributed by atoms with Crippen LogP contribution >= 0.6 is 0 Å². The molecule has 2 aromatic rings. The van der Waals surface area contributed by atoms with Crippen molar-refractivity contribution >= 4 is 0 Å². The second-order valence-electron chi connectivity index (χ2n) is 5.05. The molecule has 1 N–H and O–H groups in total. The topological polar surface area (TPSA) is 38.7 Å². The van der Waals surface area contributed by atoms with E-state index in [1.807, 2.05) is 12.1 Å². The Labute approximate surface area is 122 Å². The number of hydrogen-bond donors (Lipinski definition) is 1. The van der Waals surface area contributed by atoms with Gasteiger partial charge in [0, 0.05) is 18.4 Å². The monoisotopic (exact) mass is 288 g/mol. The highest BCUT2D eigenvalue weighted by atomic mass is 19.1. The van der Waals surface area contributed by atoms with Crippen LogP contribution in [0.5, 0.6) is 11.5 Å². The molecule has 0 bridgehead atoms. The molecule has 3 nitrogen and oxygen atoms in total. The van der Waals surface area contributed by atoms with Gasteiger partial charge in [0.25, 0.3) is 0 Å². The fraction of sp³-hybridized carbons (Fsp3) is 0.294. The zero-order valence-electron chi connectivity index (χ0n) is 11.6. The summed E-state index contributed by atoms with van der Waals surface area (Å²) >= 11 is 0. The lowest BCUT2D eigenvalue weighted by atomic mass is 10.1. The molecule has 4 heteroatoms. The first kappa shape index (κ1) is 13.9. The highest BCUT2D eigenvalue weighted by Gasteiger charge is 2.12. The van der Waals surface area contributed by atoms with Crippen LogP contribution in [-0.4, -0.2) is 18.3 Å². The summed E-state index contributed by atoms with van der Waals surface area (Å²) in [6.45, 7) is 1.01. The van der Waals surface area contributed by atoms with E-state index in [1.165, 1.54) is 23.3 Å². The molecule has 21 heavy (non-hydrogen) atoms. The molecule has 1 heterocycles. The lowest BCUT2D eigenvalue weighted by molar-refractivity contribution is 0.263. The van der Waals surface area contributed by atoms with Gasteiger partial charge >= 0.3 is 0 Å². The summed E-state index contributed by atoms with van der Waals surface area (Å²) in [5.41, 5.74) is 2.90. The van der Waals surface area contributed by atoms with Crippen molar-refractivity contribution in [3.63, 3.8) is 0 Å². The Morgan fingerprint density at radius 3 is 2.95 bits per heavy atom. The van der Waals surface area contributed by atoms with Gasteiger partial charge in [0.05, 0.1) is 19.8 Å². The number of benzene rings is 2. The Bertz CT molecular complexity index is 640. The summed E-state index contributed by atoms with van der Waals surface area (Å²) in [5, 5.41) is 9.20. The van der Waals surface area contributed by atoms with Crippen molar-refractivity contribution in [3.05, 3.63) is 58.9 Å². The molecule has 0 unspecified atom stereocenters. The second-order valence-corrected chi connectivity index (χ2v) is 5.05. The minimum absolute atomic E-state index is 0.233. The third-order valence-electron chi connectivity index (χ3n) is 3.60. The van der Waals surface area contributed by atoms with E-state index >= 15 is 0 Å². The number of aliphatic hydroxyl groups excluding tert-OH is 1. The van der Waals surface area contributed by atoms with E-state index in [9.17, 15) is 9.50 Å². The van der Waals surface area contributed by atoms with Crippen molar-refractivity contribution in [3.8, 4) is 11.5 Å². The van der Waals surface area contributed by atoms with Gasteiger partial charge in [-0.15, -0.1) is 0 Å². The molecule has 0 atom stereocenters. The average molecular weight is 288 g/mol. The van der Waals surface area contributed by atoms with Crippen LogP contribution in [0.25, 0.3) is 0 Å². The van der Waals surface area contributed by atoms with Crippen molar-refractivity contribution < 1.29 is 19.0 Å². The van der Waals surface area contributed by atoms with E-state index in [2.05, 4.69) is 6.07 Å². The summed E-state index contributed by atoms with van der Waals surface area (Å²) in [7, 11) is 0. The van der Waals surface area contributed by atoms with Crippen LogP contribution < -0.4 is 9.47 Å². The molecule has 0 amide bonds. The van der Waals surface area contributed by atoms with E-state index < -0.39 is 0 Å². The highest BCUT2D eigenvalue weighted by molar-refractivity contribution is 5.40. The Morgan fingerprint density at radius 1 is 1.19 bits per heavy atom. The van der Waals surface area contributed by atoms with E-state index in [0.717, 1.165) is 25.2 Å². The van der Waals surface area contributed by atoms with Gasteiger partial charge < -0.3 is 14.6 Å². The fourth-order valence-electron chi connectivity index (χ4n) is 2.49. The predicted octanol–water partition coefficient (Wildman–Crippen LogP) is 2.87. The van der Waals surface area contributed by atoms with E-state index in [1.54, 1.807) is 6.07 Å². The van der Waals surface area contributed by atoms with Crippen LogP contribution in [0.2, 0.25) is 0 Å². The van der Waals surface area contributed by atoms with Crippen molar-refractivity contribution in [2.45, 2.75) is 19.4 Å². The number of halogens is 1. The van der Waals surface area contributed by atoms with Gasteiger partial charge in [0.1, 0.15) is 17.3 Å². The van der Waals surface area contributed by atoms with Crippen LogP contribution in [0.15, 0.2) is 36.4 Å². The SMILES string of the molecule is OCc1cc(F)ccc1OCCc1ccc2c(c1)CCO2. The van der Waals surface area contributed by atoms with Gasteiger partial charge in [-0.3, -0.25) is 0 Å². The van der Waals surface area contributed by atoms with Gasteiger partial charge in [-0.1, -0.05) is 12.1 Å². The summed E-state index contributed by atoms with van der Waals surface area (Å²) in [4.78, 5) is 0. The van der Waals surface area contributed by atoms with Gasteiger partial charge in [-0.25, -0.2) is 4.39 Å². The average Bonchev–Trinajstić information content (AvgIpc) is 2.96. The number of aliphatic hydroxyl groups is 1. The predicted molar refractivity (Wildman–Crippen MR) is 77.2 cm³/mol. The maximum absolute atomic E-state index is 13.1. The van der Waals surface area contributed by atoms with Crippen molar-refractivity contribution in [2.24, 2.45) is 0 Å². The second kappa shape index (κ2) is 6.14. The zero-order chi connectivity index (χ0) is 14.7. The van der Waals surface area contributed by atoms with Crippen LogP contribution in [0, 0.1) is 5.82 Å². The van der Waals surface area contributed by atoms with Gasteiger partial charge in [-0.05, 0) is 35.4 Å². The molecule has 0 spiro atoms. The van der Waals surface area contributed by atoms with Crippen LogP contribution in [-0.2, 0) is 19.4 Å². The van der Waals surface area contributed by atoms with E-state index in [0.29, 0.717) is 17.9 Å². The third-order valence-corrected chi connectivity index (χ3v) is 3.60. The number of fused-ring (bicyclic) bond motifs is 1. The number of ether oxygens (including phenoxy) is 2. The molecule has 1 aliphatic heterocycles. The molecule has 0 saturated carbocycles. The maximum Gasteiger partial charge on any atom is 0.125 e. The molecule has 3 rings (SSSR count).